The van der Waals surface area contributed by atoms with E-state index < -0.39 is 10.0 Å². The minimum absolute atomic E-state index is 0.0636. The van der Waals surface area contributed by atoms with Crippen LogP contribution >= 0.6 is 0 Å². The predicted octanol–water partition coefficient (Wildman–Crippen LogP) is 4.83. The van der Waals surface area contributed by atoms with Crippen molar-refractivity contribution in [3.63, 3.8) is 0 Å². The van der Waals surface area contributed by atoms with Crippen LogP contribution < -0.4 is 0 Å². The van der Waals surface area contributed by atoms with Crippen molar-refractivity contribution in [2.45, 2.75) is 69.8 Å². The minimum Gasteiger partial charge on any atom is -0.377 e. The highest BCUT2D eigenvalue weighted by Crippen LogP contribution is 2.26. The number of methoxy groups -OCH3 is 1. The molecule has 0 heterocycles. The highest BCUT2D eigenvalue weighted by molar-refractivity contribution is 7.90. The summed E-state index contributed by atoms with van der Waals surface area (Å²) in [4.78, 5) is 0.244. The Morgan fingerprint density at radius 2 is 1.88 bits per heavy atom. The molecule has 1 unspecified atom stereocenters. The highest BCUT2D eigenvalue weighted by atomic mass is 32.2. The zero-order valence-electron chi connectivity index (χ0n) is 15.5. The molecule has 25 heavy (non-hydrogen) atoms. The van der Waals surface area contributed by atoms with Gasteiger partial charge in [-0.25, -0.2) is 0 Å². The van der Waals surface area contributed by atoms with Crippen LogP contribution in [0.4, 0.5) is 0 Å². The van der Waals surface area contributed by atoms with Crippen molar-refractivity contribution < 1.29 is 13.2 Å². The van der Waals surface area contributed by atoms with Crippen molar-refractivity contribution in [1.82, 2.24) is 0 Å². The number of allylic oxidation sites excluding steroid dienone is 1. The van der Waals surface area contributed by atoms with Crippen LogP contribution in [0.3, 0.4) is 0 Å². The SMILES string of the molecule is CCCCCCC(OC)C1=CCC/C1=N/S(=O)(=O)c1ccc(C)cc1. The predicted molar refractivity (Wildman–Crippen MR) is 103 cm³/mol. The Balaban J connectivity index is 2.15. The molecule has 0 bridgehead atoms. The highest BCUT2D eigenvalue weighted by Gasteiger charge is 2.25. The van der Waals surface area contributed by atoms with Gasteiger partial charge in [-0.2, -0.15) is 12.8 Å². The second-order valence-electron chi connectivity index (χ2n) is 6.60. The largest absolute Gasteiger partial charge is 0.377 e. The van der Waals surface area contributed by atoms with Gasteiger partial charge in [0.1, 0.15) is 0 Å². The lowest BCUT2D eigenvalue weighted by Crippen LogP contribution is -2.19. The van der Waals surface area contributed by atoms with E-state index in [2.05, 4.69) is 17.4 Å². The van der Waals surface area contributed by atoms with Gasteiger partial charge in [-0.15, -0.1) is 0 Å². The Labute approximate surface area is 152 Å². The minimum atomic E-state index is -3.67. The van der Waals surface area contributed by atoms with Gasteiger partial charge in [-0.1, -0.05) is 56.4 Å². The lowest BCUT2D eigenvalue weighted by atomic mass is 10.0. The van der Waals surface area contributed by atoms with E-state index >= 15 is 0 Å². The van der Waals surface area contributed by atoms with Crippen molar-refractivity contribution in [2.24, 2.45) is 4.40 Å². The van der Waals surface area contributed by atoms with E-state index in [1.165, 1.54) is 19.3 Å². The van der Waals surface area contributed by atoms with Gasteiger partial charge in [0.15, 0.2) is 0 Å². The summed E-state index contributed by atoms with van der Waals surface area (Å²) in [7, 11) is -1.98. The number of unbranched alkanes of at least 4 members (excludes halogenated alkanes) is 3. The number of sulfonamides is 1. The summed E-state index contributed by atoms with van der Waals surface area (Å²) in [6, 6.07) is 6.82. The first-order valence-corrected chi connectivity index (χ1v) is 10.6. The van der Waals surface area contributed by atoms with Crippen LogP contribution in [-0.2, 0) is 14.8 Å². The Kier molecular flexibility index (Phi) is 7.38. The van der Waals surface area contributed by atoms with E-state index in [4.69, 9.17) is 4.74 Å². The monoisotopic (exact) mass is 363 g/mol. The van der Waals surface area contributed by atoms with Gasteiger partial charge in [-0.3, -0.25) is 0 Å². The normalized spacial score (nSPS) is 17.7. The summed E-state index contributed by atoms with van der Waals surface area (Å²) < 4.78 is 35.0. The van der Waals surface area contributed by atoms with Gasteiger partial charge < -0.3 is 4.74 Å². The first-order chi connectivity index (χ1) is 12.0. The van der Waals surface area contributed by atoms with E-state index in [-0.39, 0.29) is 11.0 Å². The third-order valence-electron chi connectivity index (χ3n) is 4.58. The fraction of sp³-hybridized carbons (Fsp3) is 0.550. The van der Waals surface area contributed by atoms with Gasteiger partial charge >= 0.3 is 0 Å². The van der Waals surface area contributed by atoms with Gasteiger partial charge in [0.2, 0.25) is 0 Å². The first kappa shape index (κ1) is 19.9. The summed E-state index contributed by atoms with van der Waals surface area (Å²) in [6.07, 6.45) is 9.09. The number of ether oxygens (including phenoxy) is 1. The van der Waals surface area contributed by atoms with E-state index in [9.17, 15) is 8.42 Å². The molecule has 0 N–H and O–H groups in total. The van der Waals surface area contributed by atoms with Crippen LogP contribution in [0, 0.1) is 6.92 Å². The molecule has 0 saturated heterocycles. The molecule has 138 valence electrons. The average Bonchev–Trinajstić information content (AvgIpc) is 3.02. The van der Waals surface area contributed by atoms with Crippen LogP contribution in [0.15, 0.2) is 45.2 Å². The number of hydrogen-bond acceptors (Lipinski definition) is 3. The molecule has 1 aliphatic rings. The molecule has 0 saturated carbocycles. The Hall–Kier alpha value is -1.46. The van der Waals surface area contributed by atoms with Crippen molar-refractivity contribution in [3.8, 4) is 0 Å². The van der Waals surface area contributed by atoms with Gasteiger partial charge in [0.05, 0.1) is 16.7 Å². The molecule has 5 heteroatoms. The molecule has 1 aromatic rings. The Morgan fingerprint density at radius 1 is 1.16 bits per heavy atom. The smallest absolute Gasteiger partial charge is 0.282 e. The third kappa shape index (κ3) is 5.51. The average molecular weight is 364 g/mol. The van der Waals surface area contributed by atoms with Crippen molar-refractivity contribution in [2.75, 3.05) is 7.11 Å². The topological polar surface area (TPSA) is 55.7 Å². The molecule has 2 rings (SSSR count). The third-order valence-corrected chi connectivity index (χ3v) is 5.91. The quantitative estimate of drug-likeness (QED) is 0.590. The van der Waals surface area contributed by atoms with Crippen LogP contribution in [0.5, 0.6) is 0 Å². The molecule has 0 spiro atoms. The second kappa shape index (κ2) is 9.30. The van der Waals surface area contributed by atoms with Gasteiger partial charge in [0, 0.05) is 7.11 Å². The molecule has 4 nitrogen and oxygen atoms in total. The summed E-state index contributed by atoms with van der Waals surface area (Å²) in [5.74, 6) is 0. The molecule has 0 amide bonds. The van der Waals surface area contributed by atoms with E-state index in [1.807, 2.05) is 6.92 Å². The van der Waals surface area contributed by atoms with Crippen molar-refractivity contribution in [1.29, 1.82) is 0 Å². The fourth-order valence-electron chi connectivity index (χ4n) is 3.11. The molecule has 0 aromatic heterocycles. The molecule has 1 aliphatic carbocycles. The first-order valence-electron chi connectivity index (χ1n) is 9.11. The number of aryl methyl sites for hydroxylation is 1. The second-order valence-corrected chi connectivity index (χ2v) is 8.20. The summed E-state index contributed by atoms with van der Waals surface area (Å²) >= 11 is 0. The fourth-order valence-corrected chi connectivity index (χ4v) is 4.18. The van der Waals surface area contributed by atoms with Crippen molar-refractivity contribution >= 4 is 15.7 Å². The maximum Gasteiger partial charge on any atom is 0.282 e. The van der Waals surface area contributed by atoms with Crippen LogP contribution in [-0.4, -0.2) is 27.3 Å². The molecular formula is C20H29NO3S. The zero-order chi connectivity index (χ0) is 18.3. The van der Waals surface area contributed by atoms with Crippen LogP contribution in [0.25, 0.3) is 0 Å². The van der Waals surface area contributed by atoms with Gasteiger partial charge in [-0.05, 0) is 43.9 Å². The molecule has 1 aromatic carbocycles. The van der Waals surface area contributed by atoms with Crippen LogP contribution in [0.2, 0.25) is 0 Å². The Bertz CT molecular complexity index is 718. The lowest BCUT2D eigenvalue weighted by molar-refractivity contribution is 0.126. The maximum atomic E-state index is 12.6. The maximum absolute atomic E-state index is 12.6. The molecule has 0 radical (unpaired) electrons. The van der Waals surface area contributed by atoms with Crippen LogP contribution in [0.1, 0.15) is 57.4 Å². The van der Waals surface area contributed by atoms with E-state index in [0.717, 1.165) is 30.4 Å². The van der Waals surface area contributed by atoms with Crippen molar-refractivity contribution in [3.05, 3.63) is 41.5 Å². The summed E-state index contributed by atoms with van der Waals surface area (Å²) in [5, 5.41) is 0. The lowest BCUT2D eigenvalue weighted by Gasteiger charge is -2.17. The number of nitrogens with zero attached hydrogens (tertiary/aromatic N) is 1. The standard InChI is InChI=1S/C20H29NO3S/c1-4-5-6-7-11-20(24-3)18-9-8-10-19(18)21-25(22,23)17-14-12-16(2)13-15-17/h9,12-15,20H,4-8,10-11H2,1-3H3/b21-19-. The summed E-state index contributed by atoms with van der Waals surface area (Å²) in [5.41, 5.74) is 2.64. The van der Waals surface area contributed by atoms with E-state index in [0.29, 0.717) is 12.1 Å². The Morgan fingerprint density at radius 3 is 2.52 bits per heavy atom. The molecule has 0 aliphatic heterocycles. The van der Waals surface area contributed by atoms with Gasteiger partial charge in [0.25, 0.3) is 10.0 Å². The zero-order valence-corrected chi connectivity index (χ0v) is 16.3. The van der Waals surface area contributed by atoms with E-state index in [1.54, 1.807) is 31.4 Å². The number of hydrogen-bond donors (Lipinski definition) is 0. The number of rotatable bonds is 9. The molecular weight excluding hydrogens is 334 g/mol. The molecule has 0 fully saturated rings. The number of benzene rings is 1. The molecule has 1 atom stereocenters. The summed E-state index contributed by atoms with van der Waals surface area (Å²) in [6.45, 7) is 4.12.